The number of alkyl halides is 3. The van der Waals surface area contributed by atoms with E-state index in [1.807, 2.05) is 0 Å². The maximum atomic E-state index is 13.5. The number of fused-ring (bicyclic) bond motifs is 1. The normalized spacial score (nSPS) is 15.4. The van der Waals surface area contributed by atoms with Crippen molar-refractivity contribution in [2.45, 2.75) is 6.18 Å². The molecule has 164 valence electrons. The Morgan fingerprint density at radius 1 is 1.23 bits per heavy atom. The highest BCUT2D eigenvalue weighted by molar-refractivity contribution is 6.06. The summed E-state index contributed by atoms with van der Waals surface area (Å²) >= 11 is 0. The summed E-state index contributed by atoms with van der Waals surface area (Å²) in [5.41, 5.74) is -0.231. The van der Waals surface area contributed by atoms with Crippen LogP contribution in [0, 0.1) is 0 Å². The largest absolute Gasteiger partial charge is 0.417 e. The Bertz CT molecular complexity index is 1090. The summed E-state index contributed by atoms with van der Waals surface area (Å²) in [6, 6.07) is 6.61. The van der Waals surface area contributed by atoms with Gasteiger partial charge in [-0.15, -0.1) is 0 Å². The maximum absolute atomic E-state index is 13.5. The first-order chi connectivity index (χ1) is 14.8. The highest BCUT2D eigenvalue weighted by atomic mass is 19.4. The second kappa shape index (κ2) is 8.64. The van der Waals surface area contributed by atoms with Gasteiger partial charge in [-0.05, 0) is 12.1 Å². The number of benzene rings is 1. The molecule has 0 bridgehead atoms. The van der Waals surface area contributed by atoms with E-state index in [2.05, 4.69) is 20.3 Å². The van der Waals surface area contributed by atoms with Crippen molar-refractivity contribution in [2.24, 2.45) is 7.05 Å². The zero-order valence-corrected chi connectivity index (χ0v) is 16.9. The van der Waals surface area contributed by atoms with Crippen LogP contribution in [-0.4, -0.2) is 65.0 Å². The van der Waals surface area contributed by atoms with Crippen molar-refractivity contribution in [1.82, 2.24) is 25.0 Å². The number of hydrogen-bond acceptors (Lipinski definition) is 5. The molecule has 2 aromatic heterocycles. The fourth-order valence-electron chi connectivity index (χ4n) is 3.64. The van der Waals surface area contributed by atoms with Crippen molar-refractivity contribution in [1.29, 1.82) is 0 Å². The van der Waals surface area contributed by atoms with Gasteiger partial charge in [0.1, 0.15) is 0 Å². The number of nitrogens with one attached hydrogen (secondary N) is 1. The maximum Gasteiger partial charge on any atom is 0.417 e. The molecule has 1 saturated heterocycles. The number of halogens is 3. The molecule has 7 nitrogen and oxygen atoms in total. The van der Waals surface area contributed by atoms with E-state index >= 15 is 0 Å². The van der Waals surface area contributed by atoms with Gasteiger partial charge >= 0.3 is 6.18 Å². The fraction of sp³-hybridized carbons (Fsp3) is 0.381. The van der Waals surface area contributed by atoms with Crippen LogP contribution >= 0.6 is 0 Å². The van der Waals surface area contributed by atoms with Crippen LogP contribution in [-0.2, 0) is 18.0 Å². The number of ether oxygens (including phenoxy) is 1. The van der Waals surface area contributed by atoms with E-state index < -0.39 is 11.7 Å². The molecule has 4 rings (SSSR count). The number of morpholine rings is 1. The van der Waals surface area contributed by atoms with Crippen molar-refractivity contribution < 1.29 is 22.7 Å². The molecule has 1 aliphatic rings. The summed E-state index contributed by atoms with van der Waals surface area (Å²) < 4.78 is 47.3. The predicted octanol–water partition coefficient (Wildman–Crippen LogP) is 2.72. The Morgan fingerprint density at radius 2 is 1.97 bits per heavy atom. The Hall–Kier alpha value is -2.98. The number of nitrogens with zero attached hydrogens (tertiary/aromatic N) is 4. The van der Waals surface area contributed by atoms with Crippen LogP contribution in [0.4, 0.5) is 13.2 Å². The molecule has 1 amide bonds. The predicted molar refractivity (Wildman–Crippen MR) is 109 cm³/mol. The monoisotopic (exact) mass is 433 g/mol. The highest BCUT2D eigenvalue weighted by Gasteiger charge is 2.34. The van der Waals surface area contributed by atoms with E-state index in [1.54, 1.807) is 7.05 Å². The van der Waals surface area contributed by atoms with Crippen LogP contribution in [0.2, 0.25) is 0 Å². The van der Waals surface area contributed by atoms with Crippen molar-refractivity contribution in [3.63, 3.8) is 0 Å². The van der Waals surface area contributed by atoms with Crippen LogP contribution in [0.1, 0.15) is 15.9 Å². The highest BCUT2D eigenvalue weighted by Crippen LogP contribution is 2.37. The minimum absolute atomic E-state index is 0.0716. The van der Waals surface area contributed by atoms with Gasteiger partial charge in [0.25, 0.3) is 5.91 Å². The summed E-state index contributed by atoms with van der Waals surface area (Å²) in [6.45, 7) is 4.01. The van der Waals surface area contributed by atoms with E-state index in [4.69, 9.17) is 4.74 Å². The lowest BCUT2D eigenvalue weighted by atomic mass is 10.0. The number of pyridine rings is 1. The summed E-state index contributed by atoms with van der Waals surface area (Å²) in [5, 5.41) is 7.48. The number of rotatable bonds is 5. The van der Waals surface area contributed by atoms with Gasteiger partial charge in [-0.3, -0.25) is 14.4 Å². The molecule has 0 radical (unpaired) electrons. The number of hydrogen-bond donors (Lipinski definition) is 1. The number of aromatic nitrogens is 3. The second-order valence-corrected chi connectivity index (χ2v) is 7.31. The topological polar surface area (TPSA) is 72.3 Å². The standard InChI is InChI=1S/C21H22F3N5O2/c1-28-19-16(13-26-28)15(20(30)25-6-7-29-8-10-31-11-9-29)12-18(27-19)14-4-2-3-5-17(14)21(22,23)24/h2-5,12-13H,6-11H2,1H3,(H,25,30). The number of aryl methyl sites for hydroxylation is 1. The zero-order valence-electron chi connectivity index (χ0n) is 16.9. The van der Waals surface area contributed by atoms with E-state index in [1.165, 1.54) is 35.1 Å². The Morgan fingerprint density at radius 3 is 2.71 bits per heavy atom. The molecular formula is C21H22F3N5O2. The first-order valence-corrected chi connectivity index (χ1v) is 9.92. The van der Waals surface area contributed by atoms with Crippen LogP contribution in [0.15, 0.2) is 36.5 Å². The van der Waals surface area contributed by atoms with Crippen LogP contribution in [0.25, 0.3) is 22.3 Å². The first-order valence-electron chi connectivity index (χ1n) is 9.92. The smallest absolute Gasteiger partial charge is 0.379 e. The summed E-state index contributed by atoms with van der Waals surface area (Å²) in [7, 11) is 1.63. The zero-order chi connectivity index (χ0) is 22.0. The van der Waals surface area contributed by atoms with Gasteiger partial charge in [-0.2, -0.15) is 18.3 Å². The van der Waals surface area contributed by atoms with Crippen LogP contribution in [0.5, 0.6) is 0 Å². The Labute approximate surface area is 176 Å². The van der Waals surface area contributed by atoms with Gasteiger partial charge in [0.15, 0.2) is 5.65 Å². The van der Waals surface area contributed by atoms with Crippen molar-refractivity contribution in [2.75, 3.05) is 39.4 Å². The van der Waals surface area contributed by atoms with E-state index in [0.717, 1.165) is 19.2 Å². The van der Waals surface area contributed by atoms with Crippen molar-refractivity contribution in [3.8, 4) is 11.3 Å². The molecule has 31 heavy (non-hydrogen) atoms. The average molecular weight is 433 g/mol. The quantitative estimate of drug-likeness (QED) is 0.670. The Balaban J connectivity index is 1.66. The van der Waals surface area contributed by atoms with Gasteiger partial charge in [0.05, 0.1) is 41.6 Å². The molecule has 3 aromatic rings. The molecule has 10 heteroatoms. The molecule has 3 heterocycles. The van der Waals surface area contributed by atoms with Crippen molar-refractivity contribution >= 4 is 16.9 Å². The summed E-state index contributed by atoms with van der Waals surface area (Å²) in [4.78, 5) is 19.5. The van der Waals surface area contributed by atoms with Crippen LogP contribution < -0.4 is 5.32 Å². The van der Waals surface area contributed by atoms with E-state index in [0.29, 0.717) is 37.3 Å². The first kappa shape index (κ1) is 21.3. The van der Waals surface area contributed by atoms with E-state index in [-0.39, 0.29) is 22.7 Å². The third kappa shape index (κ3) is 4.54. The summed E-state index contributed by atoms with van der Waals surface area (Å²) in [5.74, 6) is -0.376. The third-order valence-corrected chi connectivity index (χ3v) is 5.28. The van der Waals surface area contributed by atoms with Crippen molar-refractivity contribution in [3.05, 3.63) is 47.7 Å². The molecule has 1 fully saturated rings. The molecule has 1 aromatic carbocycles. The number of amides is 1. The lowest BCUT2D eigenvalue weighted by molar-refractivity contribution is -0.137. The molecule has 0 saturated carbocycles. The minimum atomic E-state index is -4.54. The molecular weight excluding hydrogens is 411 g/mol. The molecule has 0 atom stereocenters. The lowest BCUT2D eigenvalue weighted by Gasteiger charge is -2.26. The minimum Gasteiger partial charge on any atom is -0.379 e. The SMILES string of the molecule is Cn1ncc2c(C(=O)NCCN3CCOCC3)cc(-c3ccccc3C(F)(F)F)nc21. The van der Waals surface area contributed by atoms with E-state index in [9.17, 15) is 18.0 Å². The lowest BCUT2D eigenvalue weighted by Crippen LogP contribution is -2.41. The summed E-state index contributed by atoms with van der Waals surface area (Å²) in [6.07, 6.45) is -3.04. The van der Waals surface area contributed by atoms with Gasteiger partial charge in [0, 0.05) is 38.8 Å². The molecule has 0 aliphatic carbocycles. The van der Waals surface area contributed by atoms with Crippen LogP contribution in [0.3, 0.4) is 0 Å². The molecule has 1 N–H and O–H groups in total. The van der Waals surface area contributed by atoms with Gasteiger partial charge in [-0.1, -0.05) is 18.2 Å². The fourth-order valence-corrected chi connectivity index (χ4v) is 3.64. The molecule has 0 spiro atoms. The molecule has 0 unspecified atom stereocenters. The molecule has 1 aliphatic heterocycles. The average Bonchev–Trinajstić information content (AvgIpc) is 3.14. The second-order valence-electron chi connectivity index (χ2n) is 7.31. The third-order valence-electron chi connectivity index (χ3n) is 5.28. The van der Waals surface area contributed by atoms with Gasteiger partial charge in [0.2, 0.25) is 0 Å². The number of carbonyl (C=O) groups is 1. The number of carbonyl (C=O) groups excluding carboxylic acids is 1. The van der Waals surface area contributed by atoms with Gasteiger partial charge < -0.3 is 10.1 Å². The Kier molecular flexibility index (Phi) is 5.92. The van der Waals surface area contributed by atoms with Gasteiger partial charge in [-0.25, -0.2) is 4.98 Å².